The van der Waals surface area contributed by atoms with E-state index < -0.39 is 10.2 Å². The van der Waals surface area contributed by atoms with Crippen molar-refractivity contribution < 1.29 is 20.6 Å². The maximum absolute atomic E-state index is 8.36. The number of rotatable bonds is 0. The van der Waals surface area contributed by atoms with Crippen molar-refractivity contribution >= 4 is 23.7 Å². The molecule has 0 rings (SSSR count). The maximum Gasteiger partial charge on any atom is 0.291 e. The average molecular weight is 254 g/mol. The molecule has 0 aromatic rings. The van der Waals surface area contributed by atoms with Crippen molar-refractivity contribution in [1.29, 1.82) is 0 Å². The van der Waals surface area contributed by atoms with Gasteiger partial charge in [-0.3, -0.25) is 0 Å². The SMILES string of the molecule is O=[N+]([O-])O.O=[N+]([O-])O.[Te]. The quantitative estimate of drug-likeness (QED) is 0.321. The van der Waals surface area contributed by atoms with Gasteiger partial charge < -0.3 is 10.4 Å². The Balaban J connectivity index is -0.0000000720. The molecule has 0 spiro atoms. The molecule has 8 nitrogen and oxygen atoms in total. The molecule has 2 N–H and O–H groups in total. The fraction of sp³-hybridized carbons (Fsp3) is 0. The molecule has 0 saturated carbocycles. The van der Waals surface area contributed by atoms with Crippen LogP contribution in [0.2, 0.25) is 0 Å². The van der Waals surface area contributed by atoms with E-state index in [9.17, 15) is 0 Å². The molecule has 0 amide bonds. The van der Waals surface area contributed by atoms with Crippen molar-refractivity contribution in [2.24, 2.45) is 0 Å². The summed E-state index contributed by atoms with van der Waals surface area (Å²) in [6, 6.07) is 0. The fourth-order valence-electron chi connectivity index (χ4n) is 0. The molecule has 0 heterocycles. The van der Waals surface area contributed by atoms with E-state index in [1.54, 1.807) is 0 Å². The van der Waals surface area contributed by atoms with Gasteiger partial charge in [-0.05, 0) is 0 Å². The van der Waals surface area contributed by atoms with E-state index in [1.807, 2.05) is 0 Å². The van der Waals surface area contributed by atoms with Crippen LogP contribution in [0.5, 0.6) is 0 Å². The normalized spacial score (nSPS) is 5.33. The smallest absolute Gasteiger partial charge is 0.291 e. The molecule has 0 fully saturated rings. The van der Waals surface area contributed by atoms with Gasteiger partial charge in [0.2, 0.25) is 0 Å². The summed E-state index contributed by atoms with van der Waals surface area (Å²) in [5, 5.41) is 27.3. The van der Waals surface area contributed by atoms with Crippen LogP contribution in [0.25, 0.3) is 0 Å². The van der Waals surface area contributed by atoms with Crippen LogP contribution in [-0.4, -0.2) is 44.3 Å². The Morgan fingerprint density at radius 1 is 1.00 bits per heavy atom. The van der Waals surface area contributed by atoms with Gasteiger partial charge in [0.05, 0.1) is 0 Å². The Kier molecular flexibility index (Phi) is 17.9. The maximum atomic E-state index is 8.36. The second-order valence-electron chi connectivity index (χ2n) is 0.476. The third-order valence-electron chi connectivity index (χ3n) is 0. The van der Waals surface area contributed by atoms with E-state index in [2.05, 4.69) is 0 Å². The summed E-state index contributed by atoms with van der Waals surface area (Å²) < 4.78 is 0. The summed E-state index contributed by atoms with van der Waals surface area (Å²) in [6.07, 6.45) is 0. The third-order valence-corrected chi connectivity index (χ3v) is 0. The molecule has 0 saturated heterocycles. The van der Waals surface area contributed by atoms with Gasteiger partial charge in [0.15, 0.2) is 0 Å². The summed E-state index contributed by atoms with van der Waals surface area (Å²) in [4.78, 5) is 16.7. The van der Waals surface area contributed by atoms with E-state index in [1.165, 1.54) is 0 Å². The zero-order valence-electron chi connectivity index (χ0n) is 3.83. The van der Waals surface area contributed by atoms with Gasteiger partial charge >= 0.3 is 0 Å². The predicted molar refractivity (Wildman–Crippen MR) is 23.3 cm³/mol. The minimum Gasteiger partial charge on any atom is -0.328 e. The number of hydrogen-bond donors (Lipinski definition) is 2. The first kappa shape index (κ1) is 15.7. The first-order chi connectivity index (χ1) is 3.46. The van der Waals surface area contributed by atoms with Gasteiger partial charge in [0, 0.05) is 23.7 Å². The molecule has 54 valence electrons. The van der Waals surface area contributed by atoms with Gasteiger partial charge in [0.1, 0.15) is 0 Å². The first-order valence-electron chi connectivity index (χ1n) is 1.13. The van der Waals surface area contributed by atoms with Crippen molar-refractivity contribution in [2.75, 3.05) is 0 Å². The van der Waals surface area contributed by atoms with Crippen LogP contribution in [0.1, 0.15) is 0 Å². The van der Waals surface area contributed by atoms with Crippen LogP contribution in [-0.2, 0) is 0 Å². The topological polar surface area (TPSA) is 127 Å². The van der Waals surface area contributed by atoms with Gasteiger partial charge in [-0.15, -0.1) is 20.2 Å². The molecular weight excluding hydrogens is 252 g/mol. The molecule has 0 bridgehead atoms. The molecule has 0 unspecified atom stereocenters. The molecule has 0 aliphatic heterocycles. The second kappa shape index (κ2) is 10.2. The minimum atomic E-state index is -1.50. The van der Waals surface area contributed by atoms with Crippen LogP contribution < -0.4 is 0 Å². The summed E-state index contributed by atoms with van der Waals surface area (Å²) in [6.45, 7) is 0. The van der Waals surface area contributed by atoms with Crippen LogP contribution in [0.4, 0.5) is 0 Å². The molecule has 0 aliphatic rings. The van der Waals surface area contributed by atoms with E-state index >= 15 is 0 Å². The Bertz CT molecular complexity index is 69.1. The summed E-state index contributed by atoms with van der Waals surface area (Å²) in [7, 11) is 0. The van der Waals surface area contributed by atoms with E-state index in [4.69, 9.17) is 30.6 Å². The van der Waals surface area contributed by atoms with Gasteiger partial charge in [0.25, 0.3) is 10.2 Å². The van der Waals surface area contributed by atoms with Crippen molar-refractivity contribution in [3.05, 3.63) is 20.2 Å². The van der Waals surface area contributed by atoms with Gasteiger partial charge in [-0.1, -0.05) is 0 Å². The van der Waals surface area contributed by atoms with Crippen molar-refractivity contribution in [1.82, 2.24) is 0 Å². The van der Waals surface area contributed by atoms with Gasteiger partial charge in [-0.2, -0.15) is 0 Å². The molecular formula is H2N2O6Te. The Labute approximate surface area is 65.0 Å². The Hall–Kier alpha value is -0.810. The number of hydrogen-bond acceptors (Lipinski definition) is 4. The Morgan fingerprint density at radius 3 is 1.00 bits per heavy atom. The van der Waals surface area contributed by atoms with Crippen molar-refractivity contribution in [3.8, 4) is 0 Å². The summed E-state index contributed by atoms with van der Waals surface area (Å²) in [5.41, 5.74) is 0. The van der Waals surface area contributed by atoms with Crippen LogP contribution in [0.15, 0.2) is 0 Å². The predicted octanol–water partition coefficient (Wildman–Crippen LogP) is -1.08. The largest absolute Gasteiger partial charge is 0.328 e. The molecule has 0 atom stereocenters. The molecule has 0 aliphatic carbocycles. The summed E-state index contributed by atoms with van der Waals surface area (Å²) >= 11 is 0. The second-order valence-corrected chi connectivity index (χ2v) is 0.476. The zero-order chi connectivity index (χ0) is 7.15. The van der Waals surface area contributed by atoms with Gasteiger partial charge in [-0.25, -0.2) is 0 Å². The van der Waals surface area contributed by atoms with Crippen LogP contribution in [0, 0.1) is 20.2 Å². The number of nitrogens with zero attached hydrogens (tertiary/aromatic N) is 2. The Morgan fingerprint density at radius 2 is 1.00 bits per heavy atom. The van der Waals surface area contributed by atoms with Crippen molar-refractivity contribution in [3.63, 3.8) is 0 Å². The average Bonchev–Trinajstić information content (AvgIpc) is 1.25. The van der Waals surface area contributed by atoms with Crippen LogP contribution >= 0.6 is 0 Å². The molecule has 0 aromatic carbocycles. The molecule has 9 heavy (non-hydrogen) atoms. The van der Waals surface area contributed by atoms with E-state index in [0.717, 1.165) is 0 Å². The van der Waals surface area contributed by atoms with E-state index in [-0.39, 0.29) is 23.7 Å². The molecule has 0 aromatic heterocycles. The minimum absolute atomic E-state index is 0. The van der Waals surface area contributed by atoms with Crippen LogP contribution in [0.3, 0.4) is 0 Å². The van der Waals surface area contributed by atoms with E-state index in [0.29, 0.717) is 0 Å². The molecule has 2 radical (unpaired) electrons. The van der Waals surface area contributed by atoms with Crippen molar-refractivity contribution in [2.45, 2.75) is 0 Å². The fourth-order valence-corrected chi connectivity index (χ4v) is 0. The third kappa shape index (κ3) is 295. The summed E-state index contributed by atoms with van der Waals surface area (Å²) in [5.74, 6) is 0. The first-order valence-corrected chi connectivity index (χ1v) is 1.13. The zero-order valence-corrected chi connectivity index (χ0v) is 6.16. The molecule has 9 heteroatoms. The monoisotopic (exact) mass is 256 g/mol. The standard InChI is InChI=1S/2HNO3.Te/c2*2-1(3)4;/h2*(H,2,3,4);.